The molecule has 96 valence electrons. The first-order chi connectivity index (χ1) is 9.22. The Labute approximate surface area is 114 Å². The van der Waals surface area contributed by atoms with Crippen molar-refractivity contribution in [1.82, 2.24) is 0 Å². The SMILES string of the molecule is CC1CCN(c2ccc(C=C(C#N)C#N)cc2)CC1. The van der Waals surface area contributed by atoms with Gasteiger partial charge >= 0.3 is 0 Å². The Hall–Kier alpha value is -2.26. The quantitative estimate of drug-likeness (QED) is 0.757. The molecule has 3 heteroatoms. The average Bonchev–Trinajstić information content (AvgIpc) is 2.46. The van der Waals surface area contributed by atoms with E-state index < -0.39 is 0 Å². The van der Waals surface area contributed by atoms with E-state index in [1.54, 1.807) is 6.08 Å². The fraction of sp³-hybridized carbons (Fsp3) is 0.375. The molecule has 0 aromatic heterocycles. The molecule has 1 aromatic carbocycles. The largest absolute Gasteiger partial charge is 0.372 e. The van der Waals surface area contributed by atoms with Gasteiger partial charge in [0.1, 0.15) is 17.7 Å². The highest BCUT2D eigenvalue weighted by Gasteiger charge is 2.15. The zero-order chi connectivity index (χ0) is 13.7. The molecule has 0 N–H and O–H groups in total. The Kier molecular flexibility index (Phi) is 4.21. The second kappa shape index (κ2) is 6.07. The van der Waals surface area contributed by atoms with Gasteiger partial charge in [0.05, 0.1) is 0 Å². The minimum Gasteiger partial charge on any atom is -0.372 e. The van der Waals surface area contributed by atoms with Gasteiger partial charge in [-0.1, -0.05) is 19.1 Å². The molecular weight excluding hydrogens is 234 g/mol. The lowest BCUT2D eigenvalue weighted by Crippen LogP contribution is -2.32. The number of hydrogen-bond acceptors (Lipinski definition) is 3. The summed E-state index contributed by atoms with van der Waals surface area (Å²) in [6.45, 7) is 4.52. The highest BCUT2D eigenvalue weighted by Crippen LogP contribution is 2.23. The van der Waals surface area contributed by atoms with E-state index in [1.807, 2.05) is 24.3 Å². The van der Waals surface area contributed by atoms with E-state index in [2.05, 4.69) is 24.0 Å². The maximum atomic E-state index is 8.72. The molecule has 0 unspecified atom stereocenters. The van der Waals surface area contributed by atoms with Crippen molar-refractivity contribution in [2.45, 2.75) is 19.8 Å². The van der Waals surface area contributed by atoms with Gasteiger partial charge in [-0.25, -0.2) is 0 Å². The molecule has 1 fully saturated rings. The van der Waals surface area contributed by atoms with Crippen LogP contribution in [0.3, 0.4) is 0 Å². The summed E-state index contributed by atoms with van der Waals surface area (Å²) in [5.74, 6) is 0.826. The van der Waals surface area contributed by atoms with Gasteiger partial charge in [-0.3, -0.25) is 0 Å². The standard InChI is InChI=1S/C16H17N3/c1-13-6-8-19(9-7-13)16-4-2-14(3-5-16)10-15(11-17)12-18/h2-5,10,13H,6-9H2,1H3. The lowest BCUT2D eigenvalue weighted by Gasteiger charge is -2.32. The van der Waals surface area contributed by atoms with E-state index in [1.165, 1.54) is 18.5 Å². The van der Waals surface area contributed by atoms with Gasteiger partial charge in [0.2, 0.25) is 0 Å². The summed E-state index contributed by atoms with van der Waals surface area (Å²) in [6.07, 6.45) is 4.10. The second-order valence-electron chi connectivity index (χ2n) is 5.04. The maximum Gasteiger partial charge on any atom is 0.130 e. The third kappa shape index (κ3) is 3.36. The molecule has 1 aromatic rings. The molecule has 1 aliphatic rings. The summed E-state index contributed by atoms with van der Waals surface area (Å²) < 4.78 is 0. The predicted molar refractivity (Wildman–Crippen MR) is 76.3 cm³/mol. The second-order valence-corrected chi connectivity index (χ2v) is 5.04. The van der Waals surface area contributed by atoms with Crippen molar-refractivity contribution in [3.8, 4) is 12.1 Å². The molecule has 19 heavy (non-hydrogen) atoms. The van der Waals surface area contributed by atoms with Crippen LogP contribution in [-0.2, 0) is 0 Å². The molecule has 0 bridgehead atoms. The predicted octanol–water partition coefficient (Wildman–Crippen LogP) is 3.35. The van der Waals surface area contributed by atoms with Crippen molar-refractivity contribution in [1.29, 1.82) is 10.5 Å². The van der Waals surface area contributed by atoms with Crippen molar-refractivity contribution in [3.05, 3.63) is 35.4 Å². The molecule has 1 saturated heterocycles. The van der Waals surface area contributed by atoms with Crippen LogP contribution in [0.15, 0.2) is 29.8 Å². The minimum atomic E-state index is 0.138. The van der Waals surface area contributed by atoms with Crippen LogP contribution in [0.25, 0.3) is 6.08 Å². The first-order valence-electron chi connectivity index (χ1n) is 6.60. The van der Waals surface area contributed by atoms with Gasteiger partial charge in [0, 0.05) is 18.8 Å². The van der Waals surface area contributed by atoms with Gasteiger partial charge < -0.3 is 4.90 Å². The highest BCUT2D eigenvalue weighted by molar-refractivity contribution is 5.64. The Morgan fingerprint density at radius 2 is 1.74 bits per heavy atom. The molecule has 1 heterocycles. The zero-order valence-corrected chi connectivity index (χ0v) is 11.1. The van der Waals surface area contributed by atoms with Gasteiger partial charge in [0.25, 0.3) is 0 Å². The summed E-state index contributed by atoms with van der Waals surface area (Å²) in [4.78, 5) is 2.39. The Morgan fingerprint density at radius 1 is 1.16 bits per heavy atom. The summed E-state index contributed by atoms with van der Waals surface area (Å²) in [5, 5.41) is 17.4. The topological polar surface area (TPSA) is 50.8 Å². The molecule has 3 nitrogen and oxygen atoms in total. The van der Waals surface area contributed by atoms with Crippen LogP contribution in [-0.4, -0.2) is 13.1 Å². The van der Waals surface area contributed by atoms with E-state index in [4.69, 9.17) is 10.5 Å². The van der Waals surface area contributed by atoms with Gasteiger partial charge in [-0.05, 0) is 42.5 Å². The molecule has 0 aliphatic carbocycles. The van der Waals surface area contributed by atoms with E-state index >= 15 is 0 Å². The van der Waals surface area contributed by atoms with Gasteiger partial charge in [-0.15, -0.1) is 0 Å². The molecular formula is C16H17N3. The third-order valence-electron chi connectivity index (χ3n) is 3.59. The number of rotatable bonds is 2. The molecule has 0 amide bonds. The van der Waals surface area contributed by atoms with E-state index in [-0.39, 0.29) is 5.57 Å². The van der Waals surface area contributed by atoms with Crippen LogP contribution in [0.4, 0.5) is 5.69 Å². The number of nitriles is 2. The summed E-state index contributed by atoms with van der Waals surface area (Å²) >= 11 is 0. The molecule has 0 radical (unpaired) electrons. The molecule has 0 saturated carbocycles. The van der Waals surface area contributed by atoms with E-state index in [0.29, 0.717) is 0 Å². The number of piperidine rings is 1. The summed E-state index contributed by atoms with van der Waals surface area (Å²) in [5.41, 5.74) is 2.26. The third-order valence-corrected chi connectivity index (χ3v) is 3.59. The van der Waals surface area contributed by atoms with Crippen molar-refractivity contribution >= 4 is 11.8 Å². The fourth-order valence-corrected chi connectivity index (χ4v) is 2.30. The normalized spacial score (nSPS) is 15.4. The van der Waals surface area contributed by atoms with Crippen molar-refractivity contribution < 1.29 is 0 Å². The number of allylic oxidation sites excluding steroid dienone is 1. The lowest BCUT2D eigenvalue weighted by atomic mass is 9.98. The Morgan fingerprint density at radius 3 is 2.26 bits per heavy atom. The van der Waals surface area contributed by atoms with Crippen LogP contribution in [0.5, 0.6) is 0 Å². The first-order valence-corrected chi connectivity index (χ1v) is 6.60. The van der Waals surface area contributed by atoms with E-state index in [0.717, 1.165) is 24.6 Å². The van der Waals surface area contributed by atoms with Crippen LogP contribution in [0.1, 0.15) is 25.3 Å². The summed E-state index contributed by atoms with van der Waals surface area (Å²) in [7, 11) is 0. The van der Waals surface area contributed by atoms with Crippen LogP contribution < -0.4 is 4.90 Å². The number of nitrogens with zero attached hydrogens (tertiary/aromatic N) is 3. The monoisotopic (exact) mass is 251 g/mol. The number of hydrogen-bond donors (Lipinski definition) is 0. The first kappa shape index (κ1) is 13.2. The molecule has 1 aliphatic heterocycles. The zero-order valence-electron chi connectivity index (χ0n) is 11.1. The maximum absolute atomic E-state index is 8.72. The van der Waals surface area contributed by atoms with E-state index in [9.17, 15) is 0 Å². The smallest absolute Gasteiger partial charge is 0.130 e. The highest BCUT2D eigenvalue weighted by atomic mass is 15.1. The van der Waals surface area contributed by atoms with Crippen LogP contribution in [0.2, 0.25) is 0 Å². The summed E-state index contributed by atoms with van der Waals surface area (Å²) in [6, 6.07) is 11.8. The average molecular weight is 251 g/mol. The van der Waals surface area contributed by atoms with Crippen molar-refractivity contribution in [2.24, 2.45) is 5.92 Å². The Balaban J connectivity index is 2.09. The molecule has 0 spiro atoms. The van der Waals surface area contributed by atoms with Crippen LogP contribution >= 0.6 is 0 Å². The van der Waals surface area contributed by atoms with Crippen molar-refractivity contribution in [2.75, 3.05) is 18.0 Å². The number of anilines is 1. The number of benzene rings is 1. The fourth-order valence-electron chi connectivity index (χ4n) is 2.30. The molecule has 2 rings (SSSR count). The molecule has 0 atom stereocenters. The van der Waals surface area contributed by atoms with Gasteiger partial charge in [0.15, 0.2) is 0 Å². The lowest BCUT2D eigenvalue weighted by molar-refractivity contribution is 0.438. The van der Waals surface area contributed by atoms with Crippen LogP contribution in [0, 0.1) is 28.6 Å². The minimum absolute atomic E-state index is 0.138. The van der Waals surface area contributed by atoms with Gasteiger partial charge in [-0.2, -0.15) is 10.5 Å². The Bertz CT molecular complexity index is 519. The van der Waals surface area contributed by atoms with Crippen molar-refractivity contribution in [3.63, 3.8) is 0 Å².